The highest BCUT2D eigenvalue weighted by Crippen LogP contribution is 2.27. The first-order chi connectivity index (χ1) is 13.1. The summed E-state index contributed by atoms with van der Waals surface area (Å²) in [6.45, 7) is 2.78. The normalized spacial score (nSPS) is 16.0. The van der Waals surface area contributed by atoms with Crippen molar-refractivity contribution >= 4 is 17.0 Å². The number of nitrogens with two attached hydrogens (primary N) is 1. The molecule has 1 aromatic carbocycles. The molecule has 0 atom stereocenters. The number of ether oxygens (including phenoxy) is 1. The van der Waals surface area contributed by atoms with E-state index in [0.29, 0.717) is 17.5 Å². The molecule has 1 aliphatic rings. The third-order valence-corrected chi connectivity index (χ3v) is 4.98. The summed E-state index contributed by atoms with van der Waals surface area (Å²) in [5.74, 6) is 0.427. The van der Waals surface area contributed by atoms with E-state index in [1.165, 1.54) is 19.5 Å². The Bertz CT molecular complexity index is 935. The minimum atomic E-state index is -0.423. The van der Waals surface area contributed by atoms with Gasteiger partial charge in [-0.25, -0.2) is 13.9 Å². The van der Waals surface area contributed by atoms with E-state index < -0.39 is 5.82 Å². The van der Waals surface area contributed by atoms with E-state index in [2.05, 4.69) is 26.4 Å². The summed E-state index contributed by atoms with van der Waals surface area (Å²) in [4.78, 5) is 6.77. The Hall–Kier alpha value is -2.71. The highest BCUT2D eigenvalue weighted by molar-refractivity contribution is 5.76. The summed E-state index contributed by atoms with van der Waals surface area (Å²) in [5, 5.41) is 7.49. The van der Waals surface area contributed by atoms with Crippen molar-refractivity contribution in [3.05, 3.63) is 48.2 Å². The fourth-order valence-corrected chi connectivity index (χ4v) is 3.47. The molecular weight excluding hydrogens is 347 g/mol. The number of benzene rings is 1. The van der Waals surface area contributed by atoms with Gasteiger partial charge in [-0.2, -0.15) is 5.10 Å². The lowest BCUT2D eigenvalue weighted by Gasteiger charge is -2.29. The third kappa shape index (κ3) is 3.72. The Morgan fingerprint density at radius 3 is 2.85 bits per heavy atom. The first kappa shape index (κ1) is 17.7. The fraction of sp³-hybridized carbons (Fsp3) is 0.368. The largest absolute Gasteiger partial charge is 0.494 e. The van der Waals surface area contributed by atoms with Gasteiger partial charge in [-0.05, 0) is 49.7 Å². The highest BCUT2D eigenvalue weighted by atomic mass is 19.1. The second kappa shape index (κ2) is 7.50. The maximum absolute atomic E-state index is 14.0. The van der Waals surface area contributed by atoms with Crippen molar-refractivity contribution in [2.45, 2.75) is 25.4 Å². The molecule has 0 unspecified atom stereocenters. The van der Waals surface area contributed by atoms with Gasteiger partial charge in [0, 0.05) is 30.5 Å². The van der Waals surface area contributed by atoms with Crippen molar-refractivity contribution in [2.24, 2.45) is 5.73 Å². The quantitative estimate of drug-likeness (QED) is 0.718. The van der Waals surface area contributed by atoms with Crippen LogP contribution in [0.4, 0.5) is 15.9 Å². The molecule has 142 valence electrons. The Morgan fingerprint density at radius 2 is 2.11 bits per heavy atom. The molecule has 8 heteroatoms. The van der Waals surface area contributed by atoms with Crippen LogP contribution < -0.4 is 15.8 Å². The van der Waals surface area contributed by atoms with E-state index in [1.807, 2.05) is 6.20 Å². The zero-order chi connectivity index (χ0) is 18.8. The SMILES string of the molecule is COc1ccc(Nc2ncnn3ccc(CN4CCC(N)CC4)c23)cc1F. The number of hydrogen-bond acceptors (Lipinski definition) is 6. The number of anilines is 2. The lowest BCUT2D eigenvalue weighted by molar-refractivity contribution is 0.206. The summed E-state index contributed by atoms with van der Waals surface area (Å²) < 4.78 is 20.8. The molecule has 1 saturated heterocycles. The number of fused-ring (bicyclic) bond motifs is 1. The fourth-order valence-electron chi connectivity index (χ4n) is 3.47. The molecule has 0 saturated carbocycles. The van der Waals surface area contributed by atoms with Crippen LogP contribution in [0, 0.1) is 5.82 Å². The smallest absolute Gasteiger partial charge is 0.167 e. The van der Waals surface area contributed by atoms with Gasteiger partial charge in [-0.1, -0.05) is 0 Å². The van der Waals surface area contributed by atoms with Gasteiger partial charge in [-0.3, -0.25) is 4.90 Å². The van der Waals surface area contributed by atoms with Crippen molar-refractivity contribution in [2.75, 3.05) is 25.5 Å². The molecule has 1 fully saturated rings. The number of likely N-dealkylation sites (tertiary alicyclic amines) is 1. The van der Waals surface area contributed by atoms with Crippen LogP contribution >= 0.6 is 0 Å². The molecular formula is C19H23FN6O. The molecule has 2 aromatic heterocycles. The monoisotopic (exact) mass is 370 g/mol. The number of piperidine rings is 1. The minimum Gasteiger partial charge on any atom is -0.494 e. The van der Waals surface area contributed by atoms with Gasteiger partial charge in [0.25, 0.3) is 0 Å². The van der Waals surface area contributed by atoms with Crippen LogP contribution in [-0.4, -0.2) is 45.7 Å². The summed E-state index contributed by atoms with van der Waals surface area (Å²) in [6, 6.07) is 7.10. The van der Waals surface area contributed by atoms with Crippen LogP contribution in [0.15, 0.2) is 36.8 Å². The first-order valence-electron chi connectivity index (χ1n) is 9.04. The maximum atomic E-state index is 14.0. The zero-order valence-corrected chi connectivity index (χ0v) is 15.2. The third-order valence-electron chi connectivity index (χ3n) is 4.98. The van der Waals surface area contributed by atoms with Gasteiger partial charge >= 0.3 is 0 Å². The Morgan fingerprint density at radius 1 is 1.30 bits per heavy atom. The van der Waals surface area contributed by atoms with E-state index >= 15 is 0 Å². The summed E-state index contributed by atoms with van der Waals surface area (Å²) in [5.41, 5.74) is 8.62. The van der Waals surface area contributed by atoms with Crippen molar-refractivity contribution < 1.29 is 9.13 Å². The van der Waals surface area contributed by atoms with Gasteiger partial charge in [0.1, 0.15) is 11.8 Å². The number of hydrogen-bond donors (Lipinski definition) is 2. The van der Waals surface area contributed by atoms with Crippen molar-refractivity contribution in [1.82, 2.24) is 19.5 Å². The second-order valence-electron chi connectivity index (χ2n) is 6.83. The standard InChI is InChI=1S/C19H23FN6O/c1-27-17-3-2-15(10-16(17)20)24-19-18-13(4-9-26(18)23-12-22-19)11-25-7-5-14(21)6-8-25/h2-4,9-10,12,14H,5-8,11,21H2,1H3,(H,22,23,24). The lowest BCUT2D eigenvalue weighted by Crippen LogP contribution is -2.39. The lowest BCUT2D eigenvalue weighted by atomic mass is 10.1. The van der Waals surface area contributed by atoms with Gasteiger partial charge in [0.05, 0.1) is 7.11 Å². The van der Waals surface area contributed by atoms with E-state index in [-0.39, 0.29) is 5.75 Å². The minimum absolute atomic E-state index is 0.208. The summed E-state index contributed by atoms with van der Waals surface area (Å²) >= 11 is 0. The average Bonchev–Trinajstić information content (AvgIpc) is 3.08. The predicted octanol–water partition coefficient (Wildman–Crippen LogP) is 2.54. The molecule has 27 heavy (non-hydrogen) atoms. The van der Waals surface area contributed by atoms with Crippen LogP contribution in [0.1, 0.15) is 18.4 Å². The summed E-state index contributed by atoms with van der Waals surface area (Å²) in [6.07, 6.45) is 5.43. The molecule has 1 aliphatic heterocycles. The number of nitrogens with zero attached hydrogens (tertiary/aromatic N) is 4. The van der Waals surface area contributed by atoms with E-state index in [9.17, 15) is 4.39 Å². The molecule has 3 heterocycles. The number of halogens is 1. The van der Waals surface area contributed by atoms with E-state index in [0.717, 1.165) is 43.6 Å². The van der Waals surface area contributed by atoms with E-state index in [4.69, 9.17) is 10.5 Å². The molecule has 0 aliphatic carbocycles. The van der Waals surface area contributed by atoms with Crippen LogP contribution in [0.2, 0.25) is 0 Å². The molecule has 0 amide bonds. The van der Waals surface area contributed by atoms with Crippen molar-refractivity contribution in [3.8, 4) is 5.75 Å². The Labute approximate surface area is 156 Å². The molecule has 0 radical (unpaired) electrons. The molecule has 0 spiro atoms. The van der Waals surface area contributed by atoms with Gasteiger partial charge < -0.3 is 15.8 Å². The highest BCUT2D eigenvalue weighted by Gasteiger charge is 2.19. The van der Waals surface area contributed by atoms with Crippen LogP contribution in [0.25, 0.3) is 5.52 Å². The maximum Gasteiger partial charge on any atom is 0.167 e. The van der Waals surface area contributed by atoms with Gasteiger partial charge in [-0.15, -0.1) is 0 Å². The average molecular weight is 370 g/mol. The van der Waals surface area contributed by atoms with Crippen LogP contribution in [0.5, 0.6) is 5.75 Å². The number of nitrogens with one attached hydrogen (secondary N) is 1. The van der Waals surface area contributed by atoms with Crippen LogP contribution in [0.3, 0.4) is 0 Å². The molecule has 4 rings (SSSR count). The number of rotatable bonds is 5. The second-order valence-corrected chi connectivity index (χ2v) is 6.83. The van der Waals surface area contributed by atoms with Gasteiger partial charge in [0.2, 0.25) is 0 Å². The van der Waals surface area contributed by atoms with Crippen molar-refractivity contribution in [3.63, 3.8) is 0 Å². The molecule has 3 N–H and O–H groups in total. The predicted molar refractivity (Wildman–Crippen MR) is 102 cm³/mol. The Kier molecular flexibility index (Phi) is 4.91. The number of aromatic nitrogens is 3. The van der Waals surface area contributed by atoms with Gasteiger partial charge in [0.15, 0.2) is 17.4 Å². The summed E-state index contributed by atoms with van der Waals surface area (Å²) in [7, 11) is 1.44. The van der Waals surface area contributed by atoms with Crippen molar-refractivity contribution in [1.29, 1.82) is 0 Å². The van der Waals surface area contributed by atoms with Crippen LogP contribution in [-0.2, 0) is 6.54 Å². The topological polar surface area (TPSA) is 80.7 Å². The van der Waals surface area contributed by atoms with E-state index in [1.54, 1.807) is 16.6 Å². The molecule has 3 aromatic rings. The number of methoxy groups -OCH3 is 1. The Balaban J connectivity index is 1.61. The molecule has 7 nitrogen and oxygen atoms in total. The zero-order valence-electron chi connectivity index (χ0n) is 15.2. The molecule has 0 bridgehead atoms. The first-order valence-corrected chi connectivity index (χ1v) is 9.04.